The van der Waals surface area contributed by atoms with Gasteiger partial charge < -0.3 is 20.8 Å². The van der Waals surface area contributed by atoms with Crippen LogP contribution in [0.2, 0.25) is 0 Å². The van der Waals surface area contributed by atoms with Gasteiger partial charge in [-0.2, -0.15) is 0 Å². The second-order valence-electron chi connectivity index (χ2n) is 0.283. The molecule has 0 atom stereocenters. The molecule has 0 heterocycles. The van der Waals surface area contributed by atoms with Crippen molar-refractivity contribution in [2.24, 2.45) is 0 Å². The summed E-state index contributed by atoms with van der Waals surface area (Å²) in [5, 5.41) is 0. The zero-order chi connectivity index (χ0) is 3.58. The third-order valence-electron chi connectivity index (χ3n) is 0. The van der Waals surface area contributed by atoms with Crippen LogP contribution in [-0.2, 0) is 4.46 Å². The Hall–Kier alpha value is 1.94. The monoisotopic (exact) mass is 154 g/mol. The van der Waals surface area contributed by atoms with Crippen LogP contribution < -0.4 is 48.4 Å². The Bertz CT molecular complexity index is 50.0. The minimum Gasteiger partial charge on any atom is -1.00 e. The van der Waals surface area contributed by atoms with Gasteiger partial charge in [0.15, 0.2) is 0 Å². The molecule has 0 aromatic rings. The molecule has 0 rings (SSSR count). The van der Waals surface area contributed by atoms with Crippen molar-refractivity contribution in [2.45, 2.75) is 0 Å². The van der Waals surface area contributed by atoms with Gasteiger partial charge in [0.25, 0.3) is 0 Å². The van der Waals surface area contributed by atoms with Crippen LogP contribution in [-0.4, -0.2) is 47.3 Å². The van der Waals surface area contributed by atoms with E-state index >= 15 is 0 Å². The molecular weight excluding hydrogens is 146 g/mol. The normalized spacial score (nSPS) is 3.00. The molecule has 8 heavy (non-hydrogen) atoms. The van der Waals surface area contributed by atoms with E-state index in [4.69, 9.17) is 14.1 Å². The molecule has 4 N–H and O–H groups in total. The average molecular weight is 154 g/mol. The van der Waals surface area contributed by atoms with Gasteiger partial charge in [0, 0.05) is 0 Å². The van der Waals surface area contributed by atoms with Crippen LogP contribution in [0.25, 0.3) is 0 Å². The maximum absolute atomic E-state index is 8.74. The van der Waals surface area contributed by atoms with Crippen LogP contribution in [0.5, 0.6) is 0 Å². The van der Waals surface area contributed by atoms with E-state index in [0.29, 0.717) is 0 Å². The summed E-state index contributed by atoms with van der Waals surface area (Å²) in [6.07, 6.45) is 0. The van der Waals surface area contributed by atoms with Crippen molar-refractivity contribution in [3.63, 3.8) is 0 Å². The van der Waals surface area contributed by atoms with Gasteiger partial charge in [0.1, 0.15) is 0 Å². The van der Waals surface area contributed by atoms with E-state index in [1.54, 1.807) is 0 Å². The van der Waals surface area contributed by atoms with Gasteiger partial charge in [-0.1, -0.05) is 0 Å². The Kier molecular flexibility index (Phi) is 94.0. The Labute approximate surface area is 105 Å². The average Bonchev–Trinajstić information content (AvgIpc) is 0.811. The Morgan fingerprint density at radius 1 is 1.38 bits per heavy atom. The Balaban J connectivity index is -0.00000000161. The van der Waals surface area contributed by atoms with E-state index in [1.807, 2.05) is 0 Å². The summed E-state index contributed by atoms with van der Waals surface area (Å²) in [4.78, 5) is 14.3. The minimum atomic E-state index is -3.13. The Morgan fingerprint density at radius 2 is 1.38 bits per heavy atom. The molecule has 0 spiro atoms. The van der Waals surface area contributed by atoms with Gasteiger partial charge in [-0.15, -0.1) is 0 Å². The predicted molar refractivity (Wildman–Crippen MR) is 24.7 cm³/mol. The summed E-state index contributed by atoms with van der Waals surface area (Å²) in [7, 11) is -3.13. The van der Waals surface area contributed by atoms with Crippen LogP contribution in [0.1, 0.15) is 5.71 Å². The van der Waals surface area contributed by atoms with Crippen molar-refractivity contribution in [1.82, 2.24) is 0 Å². The standard InChI is InChI=1S/Li.Mg.Na.H2O3Si.H2O.4H/c;;;1-4(2)3;;;;;/h;;;1-2H;1H2;;;;/q+1;+2;+1;;;4*-1. The van der Waals surface area contributed by atoms with E-state index in [9.17, 15) is 0 Å². The van der Waals surface area contributed by atoms with E-state index < -0.39 is 9.17 Å². The summed E-state index contributed by atoms with van der Waals surface area (Å²) in [5.41, 5.74) is 0. The molecule has 0 aromatic heterocycles. The molecule has 0 bridgehead atoms. The van der Waals surface area contributed by atoms with Gasteiger partial charge >= 0.3 is 80.6 Å². The van der Waals surface area contributed by atoms with E-state index in [0.717, 1.165) is 0 Å². The van der Waals surface area contributed by atoms with E-state index in [1.165, 1.54) is 0 Å². The fourth-order valence-corrected chi connectivity index (χ4v) is 0. The largest absolute Gasteiger partial charge is 2.00 e. The molecule has 0 aliphatic carbocycles. The molecule has 8 heteroatoms. The van der Waals surface area contributed by atoms with Gasteiger partial charge in [0.05, 0.1) is 0 Å². The molecule has 0 unspecified atom stereocenters. The third kappa shape index (κ3) is 102. The number of hydrogen-bond donors (Lipinski definition) is 2. The quantitative estimate of drug-likeness (QED) is 0.340. The van der Waals surface area contributed by atoms with Crippen molar-refractivity contribution >= 4 is 32.2 Å². The number of rotatable bonds is 0. The first-order chi connectivity index (χ1) is 1.73. The number of hydrogen-bond acceptors (Lipinski definition) is 1. The van der Waals surface area contributed by atoms with E-state index in [2.05, 4.69) is 0 Å². The fourth-order valence-electron chi connectivity index (χ4n) is 0. The summed E-state index contributed by atoms with van der Waals surface area (Å²) in [6.45, 7) is 0. The van der Waals surface area contributed by atoms with Gasteiger partial charge in [-0.3, -0.25) is 4.46 Å². The smallest absolute Gasteiger partial charge is 1.00 e. The SMILES string of the molecule is O.O=[Si](O)O.[H-].[H-].[H-].[H-].[Li+].[Mg+2].[Na+]. The fraction of sp³-hybridized carbons (Fsp3) is 0. The minimum absolute atomic E-state index is 0. The molecule has 4 nitrogen and oxygen atoms in total. The zero-order valence-corrected chi connectivity index (χ0v) is 9.42. The Morgan fingerprint density at radius 3 is 1.38 bits per heavy atom. The molecule has 40 valence electrons. The topological polar surface area (TPSA) is 89.0 Å². The second kappa shape index (κ2) is 23.1. The molecule has 0 amide bonds. The zero-order valence-electron chi connectivity index (χ0n) is 9.01. The summed E-state index contributed by atoms with van der Waals surface area (Å²) < 4.78 is 8.74. The first-order valence-electron chi connectivity index (χ1n) is 0.651. The van der Waals surface area contributed by atoms with Crippen LogP contribution >= 0.6 is 0 Å². The molecule has 0 aliphatic heterocycles. The predicted octanol–water partition coefficient (Wildman–Crippen LogP) is -8.36. The van der Waals surface area contributed by atoms with Gasteiger partial charge in [-0.25, -0.2) is 0 Å². The van der Waals surface area contributed by atoms with Crippen LogP contribution in [0.3, 0.4) is 0 Å². The molecule has 0 saturated heterocycles. The third-order valence-corrected chi connectivity index (χ3v) is 0. The first kappa shape index (κ1) is 32.6. The molecule has 0 fully saturated rings. The van der Waals surface area contributed by atoms with Crippen LogP contribution in [0.15, 0.2) is 0 Å². The van der Waals surface area contributed by atoms with Crippen molar-refractivity contribution in [2.75, 3.05) is 0 Å². The molecule has 0 aliphatic rings. The van der Waals surface area contributed by atoms with Crippen molar-refractivity contribution in [3.05, 3.63) is 0 Å². The van der Waals surface area contributed by atoms with Crippen LogP contribution in [0.4, 0.5) is 0 Å². The summed E-state index contributed by atoms with van der Waals surface area (Å²) >= 11 is 0. The summed E-state index contributed by atoms with van der Waals surface area (Å²) in [6, 6.07) is 0. The molecular formula is H8LiMgNaO4Si. The summed E-state index contributed by atoms with van der Waals surface area (Å²) in [5.74, 6) is 0. The van der Waals surface area contributed by atoms with Crippen molar-refractivity contribution in [1.29, 1.82) is 0 Å². The van der Waals surface area contributed by atoms with E-state index in [-0.39, 0.29) is 82.7 Å². The molecule has 0 aromatic carbocycles. The van der Waals surface area contributed by atoms with Crippen molar-refractivity contribution in [3.8, 4) is 0 Å². The van der Waals surface area contributed by atoms with Crippen LogP contribution in [0, 0.1) is 0 Å². The van der Waals surface area contributed by atoms with Crippen molar-refractivity contribution < 1.29 is 73.7 Å². The molecule has 0 radical (unpaired) electrons. The first-order valence-corrected chi connectivity index (χ1v) is 1.95. The molecule has 0 saturated carbocycles. The van der Waals surface area contributed by atoms with Gasteiger partial charge in [-0.05, 0) is 0 Å². The second-order valence-corrected chi connectivity index (χ2v) is 0.848. The van der Waals surface area contributed by atoms with Gasteiger partial charge in [0.2, 0.25) is 0 Å². The maximum atomic E-state index is 8.74. The maximum Gasteiger partial charge on any atom is 2.00 e.